The maximum Gasteiger partial charge on any atom is 0.266 e. The van der Waals surface area contributed by atoms with Gasteiger partial charge in [0.1, 0.15) is 5.01 Å². The molecule has 3 rings (SSSR count). The summed E-state index contributed by atoms with van der Waals surface area (Å²) in [5.41, 5.74) is 0.957. The molecule has 6 nitrogen and oxygen atoms in total. The van der Waals surface area contributed by atoms with Crippen LogP contribution in [0.3, 0.4) is 0 Å². The van der Waals surface area contributed by atoms with E-state index < -0.39 is 6.10 Å². The van der Waals surface area contributed by atoms with Crippen molar-refractivity contribution >= 4 is 22.4 Å². The Morgan fingerprint density at radius 1 is 1.04 bits per heavy atom. The molecule has 1 atom stereocenters. The van der Waals surface area contributed by atoms with Gasteiger partial charge in [0, 0.05) is 5.56 Å². The van der Waals surface area contributed by atoms with Crippen LogP contribution in [0.15, 0.2) is 54.6 Å². The lowest BCUT2D eigenvalue weighted by Crippen LogP contribution is -2.30. The number of anilines is 1. The van der Waals surface area contributed by atoms with Crippen molar-refractivity contribution in [1.82, 2.24) is 10.2 Å². The molecular weight excluding hydrogens is 338 g/mol. The van der Waals surface area contributed by atoms with Crippen LogP contribution in [0.4, 0.5) is 5.13 Å². The second kappa shape index (κ2) is 7.76. The van der Waals surface area contributed by atoms with Crippen molar-refractivity contribution in [3.63, 3.8) is 0 Å². The first-order valence-corrected chi connectivity index (χ1v) is 8.48. The number of rotatable bonds is 6. The molecule has 128 valence electrons. The van der Waals surface area contributed by atoms with E-state index in [0.29, 0.717) is 16.6 Å². The van der Waals surface area contributed by atoms with Crippen molar-refractivity contribution < 1.29 is 14.3 Å². The molecule has 1 N–H and O–H groups in total. The number of hydrogen-bond acceptors (Lipinski definition) is 6. The maximum absolute atomic E-state index is 12.3. The summed E-state index contributed by atoms with van der Waals surface area (Å²) in [6.45, 7) is 1.67. The third kappa shape index (κ3) is 4.13. The van der Waals surface area contributed by atoms with Crippen LogP contribution in [0, 0.1) is 0 Å². The summed E-state index contributed by atoms with van der Waals surface area (Å²) in [5.74, 6) is 0.779. The molecule has 0 aliphatic heterocycles. The Balaban J connectivity index is 1.65. The number of carbonyl (C=O) groups is 1. The highest BCUT2D eigenvalue weighted by atomic mass is 32.1. The molecule has 0 saturated carbocycles. The van der Waals surface area contributed by atoms with Crippen molar-refractivity contribution in [1.29, 1.82) is 0 Å². The highest BCUT2D eigenvalue weighted by molar-refractivity contribution is 7.18. The topological polar surface area (TPSA) is 73.3 Å². The number of aromatic nitrogens is 2. The second-order valence-corrected chi connectivity index (χ2v) is 6.16. The molecule has 0 spiro atoms. The third-order valence-corrected chi connectivity index (χ3v) is 4.31. The quantitative estimate of drug-likeness (QED) is 0.731. The Kier molecular flexibility index (Phi) is 5.25. The van der Waals surface area contributed by atoms with Crippen molar-refractivity contribution in [3.8, 4) is 22.1 Å². The number of nitrogens with one attached hydrogen (secondary N) is 1. The van der Waals surface area contributed by atoms with Crippen LogP contribution in [0.25, 0.3) is 10.6 Å². The fourth-order valence-electron chi connectivity index (χ4n) is 2.14. The summed E-state index contributed by atoms with van der Waals surface area (Å²) in [5, 5.41) is 12.0. The molecule has 0 aliphatic rings. The minimum Gasteiger partial charge on any atom is -0.493 e. The average Bonchev–Trinajstić information content (AvgIpc) is 3.11. The summed E-state index contributed by atoms with van der Waals surface area (Å²) >= 11 is 1.31. The highest BCUT2D eigenvalue weighted by Gasteiger charge is 2.18. The van der Waals surface area contributed by atoms with Crippen LogP contribution >= 0.6 is 11.3 Å². The molecule has 3 aromatic rings. The van der Waals surface area contributed by atoms with Crippen LogP contribution in [0.1, 0.15) is 6.92 Å². The summed E-state index contributed by atoms with van der Waals surface area (Å²) in [6.07, 6.45) is -0.708. The van der Waals surface area contributed by atoms with Gasteiger partial charge in [0.25, 0.3) is 5.91 Å². The first-order chi connectivity index (χ1) is 12.2. The van der Waals surface area contributed by atoms with Gasteiger partial charge in [-0.3, -0.25) is 10.1 Å². The minimum absolute atomic E-state index is 0.304. The second-order valence-electron chi connectivity index (χ2n) is 5.18. The molecule has 2 aromatic carbocycles. The monoisotopic (exact) mass is 355 g/mol. The van der Waals surface area contributed by atoms with Crippen molar-refractivity contribution in [2.45, 2.75) is 13.0 Å². The molecule has 25 heavy (non-hydrogen) atoms. The predicted octanol–water partition coefficient (Wildman–Crippen LogP) is 3.62. The zero-order chi connectivity index (χ0) is 17.6. The van der Waals surface area contributed by atoms with Gasteiger partial charge in [-0.05, 0) is 19.1 Å². The molecule has 1 heterocycles. The fraction of sp³-hybridized carbons (Fsp3) is 0.167. The Morgan fingerprint density at radius 2 is 1.72 bits per heavy atom. The van der Waals surface area contributed by atoms with Gasteiger partial charge in [-0.15, -0.1) is 10.2 Å². The third-order valence-electron chi connectivity index (χ3n) is 3.42. The number of para-hydroxylation sites is 2. The highest BCUT2D eigenvalue weighted by Crippen LogP contribution is 2.28. The summed E-state index contributed by atoms with van der Waals surface area (Å²) in [6, 6.07) is 16.9. The normalized spacial score (nSPS) is 11.6. The lowest BCUT2D eigenvalue weighted by atomic mass is 10.2. The number of methoxy groups -OCH3 is 1. The van der Waals surface area contributed by atoms with E-state index in [2.05, 4.69) is 15.5 Å². The first-order valence-electron chi connectivity index (χ1n) is 7.67. The van der Waals surface area contributed by atoms with Crippen LogP contribution in [0.5, 0.6) is 11.5 Å². The largest absolute Gasteiger partial charge is 0.493 e. The minimum atomic E-state index is -0.708. The van der Waals surface area contributed by atoms with Crippen molar-refractivity contribution in [2.75, 3.05) is 12.4 Å². The molecule has 7 heteroatoms. The van der Waals surface area contributed by atoms with Gasteiger partial charge < -0.3 is 9.47 Å². The molecule has 0 saturated heterocycles. The fourth-order valence-corrected chi connectivity index (χ4v) is 2.89. The van der Waals surface area contributed by atoms with Gasteiger partial charge in [-0.2, -0.15) is 0 Å². The SMILES string of the molecule is COc1ccccc1OC(C)C(=O)Nc1nnc(-c2ccccc2)s1. The van der Waals surface area contributed by atoms with Gasteiger partial charge in [-0.1, -0.05) is 53.8 Å². The average molecular weight is 355 g/mol. The van der Waals surface area contributed by atoms with E-state index in [-0.39, 0.29) is 5.91 Å². The first kappa shape index (κ1) is 16.9. The Morgan fingerprint density at radius 3 is 2.44 bits per heavy atom. The van der Waals surface area contributed by atoms with E-state index in [1.165, 1.54) is 11.3 Å². The molecule has 0 fully saturated rings. The number of benzene rings is 2. The zero-order valence-corrected chi connectivity index (χ0v) is 14.6. The zero-order valence-electron chi connectivity index (χ0n) is 13.8. The number of nitrogens with zero attached hydrogens (tertiary/aromatic N) is 2. The van der Waals surface area contributed by atoms with Crippen LogP contribution in [-0.4, -0.2) is 29.3 Å². The number of amides is 1. The molecule has 1 aromatic heterocycles. The van der Waals surface area contributed by atoms with Gasteiger partial charge in [0.05, 0.1) is 7.11 Å². The van der Waals surface area contributed by atoms with Crippen LogP contribution in [-0.2, 0) is 4.79 Å². The smallest absolute Gasteiger partial charge is 0.266 e. The predicted molar refractivity (Wildman–Crippen MR) is 97.1 cm³/mol. The van der Waals surface area contributed by atoms with E-state index in [1.807, 2.05) is 42.5 Å². The van der Waals surface area contributed by atoms with Gasteiger partial charge >= 0.3 is 0 Å². The lowest BCUT2D eigenvalue weighted by Gasteiger charge is -2.15. The molecule has 1 amide bonds. The van der Waals surface area contributed by atoms with Crippen LogP contribution < -0.4 is 14.8 Å². The van der Waals surface area contributed by atoms with Gasteiger partial charge in [0.2, 0.25) is 5.13 Å². The van der Waals surface area contributed by atoms with Crippen molar-refractivity contribution in [2.24, 2.45) is 0 Å². The number of hydrogen-bond donors (Lipinski definition) is 1. The molecule has 0 aliphatic carbocycles. The maximum atomic E-state index is 12.3. The number of ether oxygens (including phenoxy) is 2. The molecule has 0 bridgehead atoms. The summed E-state index contributed by atoms with van der Waals surface area (Å²) in [7, 11) is 1.55. The molecule has 1 unspecified atom stereocenters. The van der Waals surface area contributed by atoms with Gasteiger partial charge in [0.15, 0.2) is 17.6 Å². The number of carbonyl (C=O) groups excluding carboxylic acids is 1. The standard InChI is InChI=1S/C18H17N3O3S/c1-12(24-15-11-7-6-10-14(15)23-2)16(22)19-18-21-20-17(25-18)13-8-4-3-5-9-13/h3-12H,1-2H3,(H,19,21,22). The van der Waals surface area contributed by atoms with E-state index in [4.69, 9.17) is 9.47 Å². The Hall–Kier alpha value is -2.93. The van der Waals surface area contributed by atoms with Crippen molar-refractivity contribution in [3.05, 3.63) is 54.6 Å². The van der Waals surface area contributed by atoms with E-state index in [0.717, 1.165) is 10.6 Å². The van der Waals surface area contributed by atoms with Crippen LogP contribution in [0.2, 0.25) is 0 Å². The van der Waals surface area contributed by atoms with E-state index >= 15 is 0 Å². The molecule has 0 radical (unpaired) electrons. The Labute approximate surface area is 149 Å². The lowest BCUT2D eigenvalue weighted by molar-refractivity contribution is -0.122. The summed E-state index contributed by atoms with van der Waals surface area (Å²) < 4.78 is 10.9. The Bertz CT molecular complexity index is 852. The van der Waals surface area contributed by atoms with Gasteiger partial charge in [-0.25, -0.2) is 0 Å². The van der Waals surface area contributed by atoms with E-state index in [1.54, 1.807) is 26.2 Å². The van der Waals surface area contributed by atoms with E-state index in [9.17, 15) is 4.79 Å². The molecular formula is C18H17N3O3S. The summed E-state index contributed by atoms with van der Waals surface area (Å²) in [4.78, 5) is 12.3.